The van der Waals surface area contributed by atoms with Crippen molar-refractivity contribution in [2.45, 2.75) is 43.9 Å². The van der Waals surface area contributed by atoms with E-state index in [-0.39, 0.29) is 0 Å². The molecule has 0 spiro atoms. The molecule has 2 heterocycles. The van der Waals surface area contributed by atoms with Crippen LogP contribution in [0.3, 0.4) is 0 Å². The van der Waals surface area contributed by atoms with Crippen LogP contribution in [0.15, 0.2) is 21.9 Å². The monoisotopic (exact) mass is 535 g/mol. The van der Waals surface area contributed by atoms with Crippen LogP contribution < -0.4 is 17.0 Å². The highest BCUT2D eigenvalue weighted by atomic mass is 31.3. The number of phosphoric ester groups is 1. The van der Waals surface area contributed by atoms with Crippen LogP contribution in [-0.4, -0.2) is 58.1 Å². The molecule has 1 fully saturated rings. The quantitative estimate of drug-likeness (QED) is 0.144. The molecule has 1 aromatic heterocycles. The molecule has 0 bridgehead atoms. The summed E-state index contributed by atoms with van der Waals surface area (Å²) in [4.78, 5) is 61.5. The van der Waals surface area contributed by atoms with Crippen LogP contribution in [0.1, 0.15) is 20.1 Å². The van der Waals surface area contributed by atoms with E-state index in [1.165, 1.54) is 6.92 Å². The molecular formula is C13H20N3O14P3. The molecule has 1 aliphatic heterocycles. The Labute approximate surface area is 184 Å². The van der Waals surface area contributed by atoms with E-state index in [2.05, 4.69) is 25.0 Å². The van der Waals surface area contributed by atoms with Crippen molar-refractivity contribution in [2.75, 3.05) is 0 Å². The van der Waals surface area contributed by atoms with Gasteiger partial charge in [0.2, 0.25) is 0 Å². The van der Waals surface area contributed by atoms with E-state index in [0.717, 1.165) is 23.8 Å². The molecule has 0 amide bonds. The average Bonchev–Trinajstić information content (AvgIpc) is 2.83. The van der Waals surface area contributed by atoms with Crippen molar-refractivity contribution in [3.05, 3.63) is 33.1 Å². The van der Waals surface area contributed by atoms with Gasteiger partial charge in [-0.3, -0.25) is 18.9 Å². The third-order valence-electron chi connectivity index (χ3n) is 4.12. The molecule has 20 heteroatoms. The van der Waals surface area contributed by atoms with Gasteiger partial charge in [0.25, 0.3) is 5.56 Å². The number of aliphatic hydroxyl groups excluding tert-OH is 1. The number of hydrogen-bond donors (Lipinski definition) is 7. The van der Waals surface area contributed by atoms with Gasteiger partial charge >= 0.3 is 29.2 Å². The highest BCUT2D eigenvalue weighted by molar-refractivity contribution is 7.66. The molecule has 1 aromatic rings. The van der Waals surface area contributed by atoms with Crippen LogP contribution >= 0.6 is 23.5 Å². The first-order valence-electron chi connectivity index (χ1n) is 8.61. The van der Waals surface area contributed by atoms with E-state index in [4.69, 9.17) is 20.3 Å². The van der Waals surface area contributed by atoms with Crippen LogP contribution in [0.2, 0.25) is 0 Å². The Bertz CT molecular complexity index is 1210. The van der Waals surface area contributed by atoms with Crippen LogP contribution in [0, 0.1) is 11.8 Å². The Morgan fingerprint density at radius 1 is 1.21 bits per heavy atom. The predicted octanol–water partition coefficient (Wildman–Crippen LogP) is -1.75. The van der Waals surface area contributed by atoms with Crippen molar-refractivity contribution in [2.24, 2.45) is 5.73 Å². The molecule has 186 valence electrons. The number of H-pyrrole nitrogens is 1. The van der Waals surface area contributed by atoms with Gasteiger partial charge in [-0.25, -0.2) is 18.5 Å². The lowest BCUT2D eigenvalue weighted by Crippen LogP contribution is -2.55. The minimum Gasteiger partial charge on any atom is -0.387 e. The lowest BCUT2D eigenvalue weighted by atomic mass is 9.90. The Balaban J connectivity index is 2.32. The molecule has 0 radical (unpaired) electrons. The second-order valence-electron chi connectivity index (χ2n) is 6.62. The minimum absolute atomic E-state index is 0.739. The van der Waals surface area contributed by atoms with Crippen molar-refractivity contribution in [1.29, 1.82) is 0 Å². The SMILES string of the molecule is CC#CC1(N)[C@@H](O)[C@@H]([C@@H](C)OP(=O)(O)OP(=O)(O)OP(=O)(O)O)O[C@H]1n1ccc(=O)[nH]c1=O. The van der Waals surface area contributed by atoms with Crippen molar-refractivity contribution in [1.82, 2.24) is 9.55 Å². The highest BCUT2D eigenvalue weighted by Crippen LogP contribution is 2.66. The maximum atomic E-state index is 12.2. The van der Waals surface area contributed by atoms with Gasteiger partial charge in [0.1, 0.15) is 12.2 Å². The average molecular weight is 535 g/mol. The van der Waals surface area contributed by atoms with Crippen molar-refractivity contribution in [3.8, 4) is 11.8 Å². The van der Waals surface area contributed by atoms with Gasteiger partial charge in [-0.1, -0.05) is 5.92 Å². The van der Waals surface area contributed by atoms with Gasteiger partial charge in [-0.05, 0) is 13.8 Å². The number of nitrogens with one attached hydrogen (secondary N) is 1. The summed E-state index contributed by atoms with van der Waals surface area (Å²) in [5.41, 5.74) is 2.43. The minimum atomic E-state index is -5.78. The molecule has 3 unspecified atom stereocenters. The second kappa shape index (κ2) is 9.65. The molecule has 1 aliphatic rings. The molecule has 0 aliphatic carbocycles. The molecule has 1 saturated heterocycles. The van der Waals surface area contributed by atoms with Gasteiger partial charge in [0.05, 0.1) is 6.10 Å². The van der Waals surface area contributed by atoms with Crippen LogP contribution in [-0.2, 0) is 31.6 Å². The summed E-state index contributed by atoms with van der Waals surface area (Å²) < 4.78 is 52.5. The van der Waals surface area contributed by atoms with E-state index in [9.17, 15) is 38.2 Å². The number of ether oxygens (including phenoxy) is 1. The summed E-state index contributed by atoms with van der Waals surface area (Å²) in [5, 5.41) is 10.7. The number of nitrogens with two attached hydrogens (primary N) is 1. The molecule has 8 N–H and O–H groups in total. The van der Waals surface area contributed by atoms with E-state index in [0.29, 0.717) is 0 Å². The van der Waals surface area contributed by atoms with E-state index in [1.807, 2.05) is 4.98 Å². The van der Waals surface area contributed by atoms with Gasteiger partial charge in [0.15, 0.2) is 11.8 Å². The van der Waals surface area contributed by atoms with Gasteiger partial charge in [0, 0.05) is 12.3 Å². The second-order valence-corrected chi connectivity index (χ2v) is 11.0. The normalized spacial score (nSPS) is 30.0. The molecule has 33 heavy (non-hydrogen) atoms. The zero-order valence-corrected chi connectivity index (χ0v) is 19.4. The first kappa shape index (κ1) is 27.8. The number of aromatic nitrogens is 2. The van der Waals surface area contributed by atoms with Gasteiger partial charge in [-0.15, -0.1) is 5.92 Å². The summed E-state index contributed by atoms with van der Waals surface area (Å²) in [6.45, 7) is 2.40. The number of phosphoric acid groups is 3. The molecular weight excluding hydrogens is 515 g/mol. The molecule has 0 aromatic carbocycles. The fourth-order valence-electron chi connectivity index (χ4n) is 2.95. The predicted molar refractivity (Wildman–Crippen MR) is 106 cm³/mol. The number of nitrogens with zero attached hydrogens (tertiary/aromatic N) is 1. The Morgan fingerprint density at radius 2 is 1.82 bits per heavy atom. The smallest absolute Gasteiger partial charge is 0.387 e. The number of rotatable bonds is 8. The molecule has 17 nitrogen and oxygen atoms in total. The highest BCUT2D eigenvalue weighted by Gasteiger charge is 2.57. The Hall–Kier alpha value is -1.47. The standard InChI is InChI=1S/C13H20N3O14P3/c1-3-5-13(14)10(18)9(27-11(13)16-6-4-8(17)15-12(16)19)7(2)28-32(23,24)30-33(25,26)29-31(20,21)22/h4,6-7,9-11,18H,14H2,1-2H3,(H,23,24)(H,25,26)(H,15,17,19)(H2,20,21,22)/t7-,9-,10+,11-,13?/m1/s1. The van der Waals surface area contributed by atoms with Crippen molar-refractivity contribution < 1.29 is 56.3 Å². The van der Waals surface area contributed by atoms with E-state index >= 15 is 0 Å². The maximum Gasteiger partial charge on any atom is 0.490 e. The summed E-state index contributed by atoms with van der Waals surface area (Å²) in [6, 6.07) is 0.958. The molecule has 0 saturated carbocycles. The number of hydrogen-bond acceptors (Lipinski definition) is 11. The Kier molecular flexibility index (Phi) is 8.12. The van der Waals surface area contributed by atoms with E-state index < -0.39 is 64.8 Å². The maximum absolute atomic E-state index is 12.2. The molecule has 7 atom stereocenters. The zero-order chi connectivity index (χ0) is 25.4. The summed E-state index contributed by atoms with van der Waals surface area (Å²) in [6.07, 6.45) is -5.59. The summed E-state index contributed by atoms with van der Waals surface area (Å²) >= 11 is 0. The topological polar surface area (TPSA) is 270 Å². The third kappa shape index (κ3) is 6.78. The lowest BCUT2D eigenvalue weighted by molar-refractivity contribution is -0.0755. The van der Waals surface area contributed by atoms with Crippen LogP contribution in [0.5, 0.6) is 0 Å². The van der Waals surface area contributed by atoms with E-state index in [1.54, 1.807) is 0 Å². The van der Waals surface area contributed by atoms with Crippen LogP contribution in [0.4, 0.5) is 0 Å². The Morgan fingerprint density at radius 3 is 2.33 bits per heavy atom. The largest absolute Gasteiger partial charge is 0.490 e. The van der Waals surface area contributed by atoms with Gasteiger partial charge < -0.3 is 35.2 Å². The number of aromatic amines is 1. The fourth-order valence-corrected chi connectivity index (χ4v) is 6.15. The molecule has 2 rings (SSSR count). The fraction of sp³-hybridized carbons (Fsp3) is 0.538. The first-order valence-corrected chi connectivity index (χ1v) is 13.1. The van der Waals surface area contributed by atoms with Crippen molar-refractivity contribution in [3.63, 3.8) is 0 Å². The number of aliphatic hydroxyl groups is 1. The first-order chi connectivity index (χ1) is 14.9. The third-order valence-corrected chi connectivity index (χ3v) is 8.04. The zero-order valence-electron chi connectivity index (χ0n) is 16.7. The lowest BCUT2D eigenvalue weighted by Gasteiger charge is -2.28. The summed E-state index contributed by atoms with van der Waals surface area (Å²) in [7, 11) is -16.9. The van der Waals surface area contributed by atoms with Crippen molar-refractivity contribution >= 4 is 23.5 Å². The van der Waals surface area contributed by atoms with Gasteiger partial charge in [-0.2, -0.15) is 8.62 Å². The summed E-state index contributed by atoms with van der Waals surface area (Å²) in [5.74, 6) is 4.90. The van der Waals surface area contributed by atoms with Crippen LogP contribution in [0.25, 0.3) is 0 Å².